The number of nitrogens with zero attached hydrogens (tertiary/aromatic N) is 2. The Hall–Kier alpha value is -1.96. The van der Waals surface area contributed by atoms with E-state index in [1.807, 2.05) is 18.6 Å². The van der Waals surface area contributed by atoms with E-state index in [4.69, 9.17) is 0 Å². The number of hydrogen-bond donors (Lipinski definition) is 0. The van der Waals surface area contributed by atoms with Crippen molar-refractivity contribution in [2.75, 3.05) is 6.54 Å². The maximum absolute atomic E-state index is 4.43. The molecule has 0 spiro atoms. The molecule has 2 heteroatoms. The molecule has 0 fully saturated rings. The van der Waals surface area contributed by atoms with Crippen molar-refractivity contribution in [2.45, 2.75) is 26.2 Å². The van der Waals surface area contributed by atoms with Gasteiger partial charge in [0.05, 0.1) is 0 Å². The van der Waals surface area contributed by atoms with Gasteiger partial charge in [0, 0.05) is 31.1 Å². The lowest BCUT2D eigenvalue weighted by Crippen LogP contribution is -2.07. The Morgan fingerprint density at radius 3 is 2.80 bits per heavy atom. The van der Waals surface area contributed by atoms with Crippen LogP contribution in [0.3, 0.4) is 0 Å². The van der Waals surface area contributed by atoms with Crippen LogP contribution in [0.15, 0.2) is 58.9 Å². The van der Waals surface area contributed by atoms with Crippen molar-refractivity contribution in [3.05, 3.63) is 65.0 Å². The summed E-state index contributed by atoms with van der Waals surface area (Å²) in [5.74, 6) is 0.993. The van der Waals surface area contributed by atoms with Gasteiger partial charge >= 0.3 is 0 Å². The maximum atomic E-state index is 4.43. The Labute approximate surface area is 120 Å². The van der Waals surface area contributed by atoms with Crippen LogP contribution in [-0.2, 0) is 0 Å². The smallest absolute Gasteiger partial charge is 0.0449 e. The Morgan fingerprint density at radius 1 is 1.20 bits per heavy atom. The molecule has 0 saturated carbocycles. The Kier molecular flexibility index (Phi) is 3.64. The number of hydrogen-bond acceptors (Lipinski definition) is 2. The summed E-state index contributed by atoms with van der Waals surface area (Å²) in [5.41, 5.74) is 5.09. The van der Waals surface area contributed by atoms with Crippen LogP contribution in [0.2, 0.25) is 0 Å². The van der Waals surface area contributed by atoms with E-state index in [1.165, 1.54) is 22.3 Å². The molecule has 2 aliphatic rings. The highest BCUT2D eigenvalue weighted by Gasteiger charge is 2.14. The molecule has 0 saturated heterocycles. The summed E-state index contributed by atoms with van der Waals surface area (Å²) in [4.78, 5) is 8.72. The van der Waals surface area contributed by atoms with Crippen LogP contribution in [0.25, 0.3) is 0 Å². The number of aromatic nitrogens is 1. The second-order valence-corrected chi connectivity index (χ2v) is 5.75. The molecule has 20 heavy (non-hydrogen) atoms. The molecule has 2 nitrogen and oxygen atoms in total. The van der Waals surface area contributed by atoms with E-state index in [2.05, 4.69) is 54.2 Å². The first kappa shape index (κ1) is 13.0. The molecule has 1 aromatic heterocycles. The SMILES string of the molecule is Cc1cncc(C2C=CC(C3=CC(C)CN=C3)=CC2)c1. The van der Waals surface area contributed by atoms with Gasteiger partial charge in [0.25, 0.3) is 0 Å². The van der Waals surface area contributed by atoms with Crippen molar-refractivity contribution >= 4 is 6.21 Å². The van der Waals surface area contributed by atoms with Crippen molar-refractivity contribution in [2.24, 2.45) is 10.9 Å². The topological polar surface area (TPSA) is 25.2 Å². The second kappa shape index (κ2) is 5.58. The lowest BCUT2D eigenvalue weighted by molar-refractivity contribution is 0.731. The van der Waals surface area contributed by atoms with Crippen molar-refractivity contribution in [1.82, 2.24) is 4.98 Å². The zero-order chi connectivity index (χ0) is 13.9. The van der Waals surface area contributed by atoms with Crippen LogP contribution in [0.5, 0.6) is 0 Å². The minimum Gasteiger partial charge on any atom is -0.292 e. The Balaban J connectivity index is 1.76. The predicted molar refractivity (Wildman–Crippen MR) is 84.2 cm³/mol. The van der Waals surface area contributed by atoms with Gasteiger partial charge in [-0.2, -0.15) is 0 Å². The number of rotatable bonds is 2. The van der Waals surface area contributed by atoms with E-state index in [0.717, 1.165) is 13.0 Å². The van der Waals surface area contributed by atoms with Gasteiger partial charge in [-0.25, -0.2) is 0 Å². The van der Waals surface area contributed by atoms with Gasteiger partial charge in [-0.3, -0.25) is 9.98 Å². The molecule has 2 unspecified atom stereocenters. The number of aliphatic imine (C=N–C) groups is 1. The van der Waals surface area contributed by atoms with Crippen LogP contribution in [0.4, 0.5) is 0 Å². The summed E-state index contributed by atoms with van der Waals surface area (Å²) in [7, 11) is 0. The predicted octanol–water partition coefficient (Wildman–Crippen LogP) is 4.01. The molecule has 1 aromatic rings. The lowest BCUT2D eigenvalue weighted by Gasteiger charge is -2.19. The molecular weight excluding hydrogens is 244 g/mol. The van der Waals surface area contributed by atoms with E-state index in [1.54, 1.807) is 0 Å². The molecule has 0 aromatic carbocycles. The fourth-order valence-electron chi connectivity index (χ4n) is 2.75. The average Bonchev–Trinajstić information content (AvgIpc) is 2.47. The van der Waals surface area contributed by atoms with Crippen molar-refractivity contribution < 1.29 is 0 Å². The highest BCUT2D eigenvalue weighted by Crippen LogP contribution is 2.29. The number of pyridine rings is 1. The van der Waals surface area contributed by atoms with Gasteiger partial charge in [0.2, 0.25) is 0 Å². The molecule has 0 radical (unpaired) electrons. The van der Waals surface area contributed by atoms with E-state index in [-0.39, 0.29) is 0 Å². The van der Waals surface area contributed by atoms with Crippen molar-refractivity contribution in [3.63, 3.8) is 0 Å². The molecule has 3 rings (SSSR count). The van der Waals surface area contributed by atoms with Crippen LogP contribution in [0.1, 0.15) is 30.4 Å². The Bertz CT molecular complexity index is 620. The zero-order valence-corrected chi connectivity index (χ0v) is 12.1. The van der Waals surface area contributed by atoms with Crippen LogP contribution < -0.4 is 0 Å². The second-order valence-electron chi connectivity index (χ2n) is 5.75. The molecule has 2 heterocycles. The van der Waals surface area contributed by atoms with Gasteiger partial charge in [-0.1, -0.05) is 37.3 Å². The molecule has 0 bridgehead atoms. The summed E-state index contributed by atoms with van der Waals surface area (Å²) in [6.45, 7) is 5.22. The summed E-state index contributed by atoms with van der Waals surface area (Å²) < 4.78 is 0. The zero-order valence-electron chi connectivity index (χ0n) is 12.1. The Morgan fingerprint density at radius 2 is 2.10 bits per heavy atom. The monoisotopic (exact) mass is 264 g/mol. The van der Waals surface area contributed by atoms with Gasteiger partial charge in [0.1, 0.15) is 0 Å². The fourth-order valence-corrected chi connectivity index (χ4v) is 2.75. The van der Waals surface area contributed by atoms with Crippen LogP contribution in [-0.4, -0.2) is 17.7 Å². The molecule has 0 amide bonds. The third kappa shape index (κ3) is 2.79. The summed E-state index contributed by atoms with van der Waals surface area (Å²) in [5, 5.41) is 0. The molecule has 2 atom stereocenters. The molecule has 0 N–H and O–H groups in total. The van der Waals surface area contributed by atoms with Gasteiger partial charge < -0.3 is 0 Å². The van der Waals surface area contributed by atoms with E-state index in [0.29, 0.717) is 11.8 Å². The van der Waals surface area contributed by atoms with Gasteiger partial charge in [0.15, 0.2) is 0 Å². The molecule has 1 aliphatic carbocycles. The van der Waals surface area contributed by atoms with E-state index >= 15 is 0 Å². The first-order chi connectivity index (χ1) is 9.72. The standard InChI is InChI=1S/C18H20N2/c1-13-7-17(11-19-9-13)15-3-5-16(6-4-15)18-8-14(2)10-20-12-18/h3-5,7-8,10-13,16H,6,9H2,1-2H3. The largest absolute Gasteiger partial charge is 0.292 e. The third-order valence-corrected chi connectivity index (χ3v) is 3.85. The van der Waals surface area contributed by atoms with Crippen LogP contribution in [0, 0.1) is 12.8 Å². The summed E-state index contributed by atoms with van der Waals surface area (Å²) >= 11 is 0. The maximum Gasteiger partial charge on any atom is 0.0449 e. The highest BCUT2D eigenvalue weighted by molar-refractivity contribution is 5.87. The summed E-state index contributed by atoms with van der Waals surface area (Å²) in [6, 6.07) is 2.23. The molecular formula is C18H20N2. The number of aryl methyl sites for hydroxylation is 1. The molecule has 1 aliphatic heterocycles. The number of dihydropyridines is 1. The van der Waals surface area contributed by atoms with E-state index in [9.17, 15) is 0 Å². The fraction of sp³-hybridized carbons (Fsp3) is 0.333. The molecule has 102 valence electrons. The highest BCUT2D eigenvalue weighted by atomic mass is 14.7. The normalized spacial score (nSPS) is 25.3. The first-order valence-corrected chi connectivity index (χ1v) is 7.24. The third-order valence-electron chi connectivity index (χ3n) is 3.85. The minimum atomic E-state index is 0.449. The lowest BCUT2D eigenvalue weighted by atomic mass is 9.87. The summed E-state index contributed by atoms with van der Waals surface area (Å²) in [6.07, 6.45) is 16.1. The van der Waals surface area contributed by atoms with Crippen molar-refractivity contribution in [1.29, 1.82) is 0 Å². The van der Waals surface area contributed by atoms with Crippen LogP contribution >= 0.6 is 0 Å². The van der Waals surface area contributed by atoms with Gasteiger partial charge in [-0.05, 0) is 41.5 Å². The number of allylic oxidation sites excluding steroid dienone is 5. The van der Waals surface area contributed by atoms with Gasteiger partial charge in [-0.15, -0.1) is 0 Å². The average molecular weight is 264 g/mol. The first-order valence-electron chi connectivity index (χ1n) is 7.24. The van der Waals surface area contributed by atoms with E-state index < -0.39 is 0 Å². The quantitative estimate of drug-likeness (QED) is 0.792. The minimum absolute atomic E-state index is 0.449. The van der Waals surface area contributed by atoms with Crippen molar-refractivity contribution in [3.8, 4) is 0 Å².